The van der Waals surface area contributed by atoms with E-state index in [1.54, 1.807) is 0 Å². The molecule has 0 aromatic heterocycles. The summed E-state index contributed by atoms with van der Waals surface area (Å²) in [4.78, 5) is 4.50. The summed E-state index contributed by atoms with van der Waals surface area (Å²) in [5.41, 5.74) is 1.50. The van der Waals surface area contributed by atoms with Crippen molar-refractivity contribution in [1.29, 1.82) is 0 Å². The van der Waals surface area contributed by atoms with Crippen LogP contribution in [0.4, 0.5) is 0 Å². The first kappa shape index (κ1) is 11.7. The molecule has 0 aliphatic carbocycles. The van der Waals surface area contributed by atoms with Crippen molar-refractivity contribution in [2.75, 3.05) is 6.54 Å². The monoisotopic (exact) mass is 195 g/mol. The summed E-state index contributed by atoms with van der Waals surface area (Å²) in [6, 6.07) is 0. The van der Waals surface area contributed by atoms with Gasteiger partial charge < -0.3 is 0 Å². The zero-order valence-corrected chi connectivity index (χ0v) is 9.73. The Hall–Kier alpha value is -0.330. The van der Waals surface area contributed by atoms with E-state index in [0.29, 0.717) is 0 Å². The zero-order valence-electron chi connectivity index (χ0n) is 9.73. The molecule has 0 saturated heterocycles. The van der Waals surface area contributed by atoms with Gasteiger partial charge in [-0.15, -0.1) is 0 Å². The van der Waals surface area contributed by atoms with Gasteiger partial charge in [-0.25, -0.2) is 0 Å². The van der Waals surface area contributed by atoms with E-state index < -0.39 is 0 Å². The molecule has 1 aliphatic rings. The van der Waals surface area contributed by atoms with Gasteiger partial charge in [0.2, 0.25) is 0 Å². The molecule has 82 valence electrons. The minimum atomic E-state index is 1.10. The van der Waals surface area contributed by atoms with E-state index in [1.807, 2.05) is 0 Å². The molecule has 0 aromatic rings. The third-order valence-corrected chi connectivity index (χ3v) is 3.03. The fourth-order valence-corrected chi connectivity index (χ4v) is 2.09. The predicted octanol–water partition coefficient (Wildman–Crippen LogP) is 4.36. The second kappa shape index (κ2) is 8.02. The molecule has 14 heavy (non-hydrogen) atoms. The number of aliphatic imine (C=N–C) groups is 1. The van der Waals surface area contributed by atoms with Crippen molar-refractivity contribution in [3.05, 3.63) is 0 Å². The molecule has 0 spiro atoms. The van der Waals surface area contributed by atoms with Gasteiger partial charge in [0.1, 0.15) is 0 Å². The molecule has 0 radical (unpaired) electrons. The van der Waals surface area contributed by atoms with Crippen LogP contribution in [0, 0.1) is 0 Å². The Balaban J connectivity index is 1.80. The van der Waals surface area contributed by atoms with Crippen LogP contribution >= 0.6 is 0 Å². The van der Waals surface area contributed by atoms with E-state index in [4.69, 9.17) is 0 Å². The molecule has 1 heterocycles. The second-order valence-electron chi connectivity index (χ2n) is 4.42. The van der Waals surface area contributed by atoms with Crippen LogP contribution in [0.5, 0.6) is 0 Å². The maximum atomic E-state index is 4.50. The lowest BCUT2D eigenvalue weighted by Crippen LogP contribution is -1.92. The van der Waals surface area contributed by atoms with Crippen LogP contribution in [0.15, 0.2) is 4.99 Å². The topological polar surface area (TPSA) is 12.4 Å². The molecule has 1 rings (SSSR count). The van der Waals surface area contributed by atoms with E-state index in [0.717, 1.165) is 6.54 Å². The highest BCUT2D eigenvalue weighted by Gasteiger charge is 2.04. The largest absolute Gasteiger partial charge is 0.294 e. The number of hydrogen-bond donors (Lipinski definition) is 0. The smallest absolute Gasteiger partial charge is 0.0392 e. The molecule has 0 N–H and O–H groups in total. The Kier molecular flexibility index (Phi) is 6.73. The number of rotatable bonds is 8. The van der Waals surface area contributed by atoms with Crippen molar-refractivity contribution in [3.8, 4) is 0 Å². The first-order chi connectivity index (χ1) is 6.93. The quantitative estimate of drug-likeness (QED) is 0.510. The Labute approximate surface area is 89.0 Å². The average molecular weight is 195 g/mol. The van der Waals surface area contributed by atoms with Gasteiger partial charge in [0.05, 0.1) is 0 Å². The van der Waals surface area contributed by atoms with Gasteiger partial charge in [-0.2, -0.15) is 0 Å². The van der Waals surface area contributed by atoms with Crippen LogP contribution in [0.2, 0.25) is 0 Å². The zero-order chi connectivity index (χ0) is 10.1. The third kappa shape index (κ3) is 5.41. The van der Waals surface area contributed by atoms with E-state index in [1.165, 1.54) is 69.9 Å². The molecular weight excluding hydrogens is 170 g/mol. The highest BCUT2D eigenvalue weighted by molar-refractivity contribution is 5.85. The summed E-state index contributed by atoms with van der Waals surface area (Å²) in [5.74, 6) is 0. The normalized spacial score (nSPS) is 15.9. The molecule has 0 amide bonds. The lowest BCUT2D eigenvalue weighted by molar-refractivity contribution is 0.595. The predicted molar refractivity (Wildman–Crippen MR) is 64.1 cm³/mol. The van der Waals surface area contributed by atoms with E-state index in [-0.39, 0.29) is 0 Å². The molecule has 0 atom stereocenters. The van der Waals surface area contributed by atoms with Crippen molar-refractivity contribution >= 4 is 5.71 Å². The van der Waals surface area contributed by atoms with Gasteiger partial charge >= 0.3 is 0 Å². The Morgan fingerprint density at radius 3 is 2.36 bits per heavy atom. The van der Waals surface area contributed by atoms with E-state index >= 15 is 0 Å². The van der Waals surface area contributed by atoms with Crippen LogP contribution in [-0.4, -0.2) is 12.3 Å². The van der Waals surface area contributed by atoms with Crippen molar-refractivity contribution in [1.82, 2.24) is 0 Å². The van der Waals surface area contributed by atoms with Crippen LogP contribution in [0.3, 0.4) is 0 Å². The highest BCUT2D eigenvalue weighted by Crippen LogP contribution is 2.13. The van der Waals surface area contributed by atoms with Gasteiger partial charge in [0.25, 0.3) is 0 Å². The van der Waals surface area contributed by atoms with Gasteiger partial charge in [0.15, 0.2) is 0 Å². The fraction of sp³-hybridized carbons (Fsp3) is 0.923. The number of nitrogens with zero attached hydrogens (tertiary/aromatic N) is 1. The van der Waals surface area contributed by atoms with Gasteiger partial charge in [-0.05, 0) is 25.7 Å². The molecule has 0 aromatic carbocycles. The molecular formula is C13H25N. The Morgan fingerprint density at radius 1 is 1.00 bits per heavy atom. The van der Waals surface area contributed by atoms with Crippen molar-refractivity contribution in [3.63, 3.8) is 0 Å². The molecule has 1 nitrogen and oxygen atoms in total. The third-order valence-electron chi connectivity index (χ3n) is 3.03. The average Bonchev–Trinajstić information content (AvgIpc) is 2.69. The summed E-state index contributed by atoms with van der Waals surface area (Å²) in [6.45, 7) is 3.38. The number of unbranched alkanes of at least 4 members (excludes halogenated alkanes) is 6. The summed E-state index contributed by atoms with van der Waals surface area (Å²) >= 11 is 0. The molecule has 1 aliphatic heterocycles. The maximum Gasteiger partial charge on any atom is 0.0392 e. The fourth-order valence-electron chi connectivity index (χ4n) is 2.09. The van der Waals surface area contributed by atoms with Gasteiger partial charge in [0, 0.05) is 12.3 Å². The summed E-state index contributed by atoms with van der Waals surface area (Å²) < 4.78 is 0. The minimum Gasteiger partial charge on any atom is -0.294 e. The van der Waals surface area contributed by atoms with Crippen LogP contribution < -0.4 is 0 Å². The lowest BCUT2D eigenvalue weighted by atomic mass is 10.1. The van der Waals surface area contributed by atoms with Crippen LogP contribution in [0.25, 0.3) is 0 Å². The summed E-state index contributed by atoms with van der Waals surface area (Å²) in [5, 5.41) is 0. The van der Waals surface area contributed by atoms with E-state index in [2.05, 4.69) is 11.9 Å². The van der Waals surface area contributed by atoms with Crippen molar-refractivity contribution in [2.45, 2.75) is 71.1 Å². The molecule has 0 fully saturated rings. The van der Waals surface area contributed by atoms with Gasteiger partial charge in [-0.1, -0.05) is 45.4 Å². The highest BCUT2D eigenvalue weighted by atomic mass is 14.8. The van der Waals surface area contributed by atoms with Crippen molar-refractivity contribution in [2.24, 2.45) is 4.99 Å². The Morgan fingerprint density at radius 2 is 1.71 bits per heavy atom. The van der Waals surface area contributed by atoms with Crippen molar-refractivity contribution < 1.29 is 0 Å². The SMILES string of the molecule is CCCCCCCCCC1=NCCC1. The second-order valence-corrected chi connectivity index (χ2v) is 4.42. The minimum absolute atomic E-state index is 1.10. The summed E-state index contributed by atoms with van der Waals surface area (Å²) in [6.07, 6.45) is 13.8. The lowest BCUT2D eigenvalue weighted by Gasteiger charge is -2.01. The number of hydrogen-bond acceptors (Lipinski definition) is 1. The maximum absolute atomic E-state index is 4.50. The first-order valence-electron chi connectivity index (χ1n) is 6.45. The molecule has 0 unspecified atom stereocenters. The van der Waals surface area contributed by atoms with Gasteiger partial charge in [-0.3, -0.25) is 4.99 Å². The summed E-state index contributed by atoms with van der Waals surface area (Å²) in [7, 11) is 0. The molecule has 0 saturated carbocycles. The Bertz CT molecular complexity index is 161. The van der Waals surface area contributed by atoms with Crippen LogP contribution in [-0.2, 0) is 0 Å². The molecule has 1 heteroatoms. The first-order valence-corrected chi connectivity index (χ1v) is 6.45. The van der Waals surface area contributed by atoms with Crippen LogP contribution in [0.1, 0.15) is 71.1 Å². The molecule has 0 bridgehead atoms. The van der Waals surface area contributed by atoms with E-state index in [9.17, 15) is 0 Å². The standard InChI is InChI=1S/C13H25N/c1-2-3-4-5-6-7-8-10-13-11-9-12-14-13/h2-12H2,1H3.